The number of nitrogens with zero attached hydrogens (tertiary/aromatic N) is 5. The molecule has 0 aliphatic carbocycles. The van der Waals surface area contributed by atoms with Crippen molar-refractivity contribution in [1.29, 1.82) is 5.26 Å². The summed E-state index contributed by atoms with van der Waals surface area (Å²) in [6.45, 7) is 6.01. The molecule has 8 nitrogen and oxygen atoms in total. The second kappa shape index (κ2) is 9.71. The van der Waals surface area contributed by atoms with Gasteiger partial charge in [0.1, 0.15) is 0 Å². The summed E-state index contributed by atoms with van der Waals surface area (Å²) in [5, 5.41) is 12.1. The summed E-state index contributed by atoms with van der Waals surface area (Å²) in [5.41, 5.74) is 3.93. The number of carbonyl (C=O) groups is 1. The number of aryl methyl sites for hydroxylation is 2. The highest BCUT2D eigenvalue weighted by Crippen LogP contribution is 2.19. The Bertz CT molecular complexity index is 1440. The Hall–Kier alpha value is -4.25. The van der Waals surface area contributed by atoms with Gasteiger partial charge in [-0.3, -0.25) is 19.6 Å². The fourth-order valence-electron chi connectivity index (χ4n) is 3.85. The number of aromatic nitrogens is 4. The van der Waals surface area contributed by atoms with Gasteiger partial charge >= 0.3 is 0 Å². The molecule has 0 saturated carbocycles. The molecular weight excluding hydrogens is 428 g/mol. The van der Waals surface area contributed by atoms with Gasteiger partial charge < -0.3 is 0 Å². The number of amides is 1. The van der Waals surface area contributed by atoms with Gasteiger partial charge in [-0.2, -0.15) is 14.8 Å². The number of benzene rings is 2. The first-order chi connectivity index (χ1) is 16.4. The number of nitriles is 1. The van der Waals surface area contributed by atoms with Gasteiger partial charge in [0.25, 0.3) is 17.2 Å². The lowest BCUT2D eigenvalue weighted by molar-refractivity contribution is 0.0983. The molecule has 4 rings (SSSR count). The van der Waals surface area contributed by atoms with Crippen LogP contribution in [-0.4, -0.2) is 25.5 Å². The number of anilines is 1. The molecule has 4 aromatic rings. The maximum atomic E-state index is 13.6. The number of aromatic amines is 1. The minimum Gasteiger partial charge on any atom is -0.272 e. The summed E-state index contributed by atoms with van der Waals surface area (Å²) in [4.78, 5) is 37.2. The van der Waals surface area contributed by atoms with Crippen LogP contribution in [0.4, 0.5) is 5.95 Å². The molecule has 0 bridgehead atoms. The predicted molar refractivity (Wildman–Crippen MR) is 130 cm³/mol. The second-order valence-electron chi connectivity index (χ2n) is 8.34. The van der Waals surface area contributed by atoms with Gasteiger partial charge in [0.15, 0.2) is 0 Å². The summed E-state index contributed by atoms with van der Waals surface area (Å²) in [7, 11) is 0. The highest BCUT2D eigenvalue weighted by atomic mass is 16.2. The number of rotatable bonds is 7. The summed E-state index contributed by atoms with van der Waals surface area (Å²) < 4.78 is 1.31. The van der Waals surface area contributed by atoms with Crippen molar-refractivity contribution in [2.24, 2.45) is 0 Å². The minimum absolute atomic E-state index is 0.198. The molecule has 2 heterocycles. The van der Waals surface area contributed by atoms with Crippen molar-refractivity contribution in [3.8, 4) is 6.07 Å². The Labute approximate surface area is 197 Å². The maximum absolute atomic E-state index is 13.6. The lowest BCUT2D eigenvalue weighted by Crippen LogP contribution is -2.31. The lowest BCUT2D eigenvalue weighted by Gasteiger charge is -2.20. The minimum atomic E-state index is -0.261. The number of unbranched alkanes of at least 4 members (excludes halogenated alkanes) is 1. The summed E-state index contributed by atoms with van der Waals surface area (Å²) >= 11 is 0. The molecule has 34 heavy (non-hydrogen) atoms. The molecule has 0 aliphatic heterocycles. The number of fused-ring (bicyclic) bond motifs is 1. The lowest BCUT2D eigenvalue weighted by atomic mass is 10.1. The first-order valence-corrected chi connectivity index (χ1v) is 11.3. The third-order valence-corrected chi connectivity index (χ3v) is 5.75. The molecule has 1 N–H and O–H groups in total. The van der Waals surface area contributed by atoms with E-state index in [1.165, 1.54) is 9.42 Å². The van der Waals surface area contributed by atoms with E-state index in [-0.39, 0.29) is 29.7 Å². The zero-order chi connectivity index (χ0) is 24.2. The van der Waals surface area contributed by atoms with Gasteiger partial charge in [-0.1, -0.05) is 43.2 Å². The van der Waals surface area contributed by atoms with Gasteiger partial charge in [0.05, 0.1) is 23.9 Å². The van der Waals surface area contributed by atoms with Crippen molar-refractivity contribution in [1.82, 2.24) is 19.6 Å². The molecule has 0 saturated heterocycles. The van der Waals surface area contributed by atoms with E-state index in [1.54, 1.807) is 30.3 Å². The normalized spacial score (nSPS) is 10.9. The van der Waals surface area contributed by atoms with Crippen LogP contribution in [0.25, 0.3) is 5.78 Å². The highest BCUT2D eigenvalue weighted by Gasteiger charge is 2.23. The Morgan fingerprint density at radius 3 is 2.59 bits per heavy atom. The van der Waals surface area contributed by atoms with Crippen LogP contribution in [-0.2, 0) is 13.0 Å². The smallest absolute Gasteiger partial charge is 0.272 e. The van der Waals surface area contributed by atoms with Crippen molar-refractivity contribution in [3.63, 3.8) is 0 Å². The molecule has 2 aromatic heterocycles. The molecule has 1 amide bonds. The van der Waals surface area contributed by atoms with Gasteiger partial charge in [-0.05, 0) is 56.5 Å². The number of hydrogen-bond acceptors (Lipinski definition) is 5. The van der Waals surface area contributed by atoms with Gasteiger partial charge in [0, 0.05) is 11.1 Å². The van der Waals surface area contributed by atoms with Crippen molar-refractivity contribution >= 4 is 17.6 Å². The van der Waals surface area contributed by atoms with E-state index >= 15 is 0 Å². The van der Waals surface area contributed by atoms with Crippen molar-refractivity contribution in [2.75, 3.05) is 4.90 Å². The highest BCUT2D eigenvalue weighted by molar-refractivity contribution is 6.05. The number of carbonyl (C=O) groups excluding carboxylic acids is 1. The monoisotopic (exact) mass is 454 g/mol. The molecular formula is C26H26N6O2. The van der Waals surface area contributed by atoms with Crippen molar-refractivity contribution in [3.05, 3.63) is 92.4 Å². The number of hydrogen-bond donors (Lipinski definition) is 1. The van der Waals surface area contributed by atoms with E-state index in [4.69, 9.17) is 5.26 Å². The third-order valence-electron chi connectivity index (χ3n) is 5.75. The predicted octanol–water partition coefficient (Wildman–Crippen LogP) is 4.10. The Morgan fingerprint density at radius 1 is 1.15 bits per heavy atom. The molecule has 0 aliphatic rings. The second-order valence-corrected chi connectivity index (χ2v) is 8.34. The number of nitrogens with one attached hydrogen (secondary N) is 1. The molecule has 0 spiro atoms. The van der Waals surface area contributed by atoms with Crippen LogP contribution in [0, 0.1) is 25.2 Å². The number of H-pyrrole nitrogens is 1. The largest absolute Gasteiger partial charge is 0.277 e. The van der Waals surface area contributed by atoms with Crippen LogP contribution in [0.15, 0.2) is 53.3 Å². The van der Waals surface area contributed by atoms with Crippen molar-refractivity contribution < 1.29 is 4.79 Å². The maximum Gasteiger partial charge on any atom is 0.277 e. The Kier molecular flexibility index (Phi) is 6.55. The van der Waals surface area contributed by atoms with Gasteiger partial charge in [-0.15, -0.1) is 0 Å². The van der Waals surface area contributed by atoms with E-state index in [9.17, 15) is 9.59 Å². The van der Waals surface area contributed by atoms with E-state index in [0.29, 0.717) is 28.8 Å². The van der Waals surface area contributed by atoms with E-state index < -0.39 is 0 Å². The molecule has 0 radical (unpaired) electrons. The SMILES string of the molecule is CCCCc1c(C)nc2nc(N(Cc3ccc(C#N)cc3)C(=O)c3cccc(C)c3)[nH]n2c1=O. The molecule has 2 aromatic carbocycles. The molecule has 8 heteroatoms. The first kappa shape index (κ1) is 22.9. The molecule has 0 atom stereocenters. The molecule has 172 valence electrons. The zero-order valence-electron chi connectivity index (χ0n) is 19.5. The average Bonchev–Trinajstić information content (AvgIpc) is 3.26. The van der Waals surface area contributed by atoms with Gasteiger partial charge in [0.2, 0.25) is 5.95 Å². The van der Waals surface area contributed by atoms with Crippen LogP contribution in [0.1, 0.15) is 58.1 Å². The van der Waals surface area contributed by atoms with Crippen LogP contribution >= 0.6 is 0 Å². The molecule has 0 unspecified atom stereocenters. The summed E-state index contributed by atoms with van der Waals surface area (Å²) in [5.74, 6) is 0.190. The zero-order valence-corrected chi connectivity index (χ0v) is 19.5. The van der Waals surface area contributed by atoms with E-state index in [1.807, 2.05) is 32.0 Å². The molecule has 0 fully saturated rings. The van der Waals surface area contributed by atoms with Crippen LogP contribution in [0.3, 0.4) is 0 Å². The standard InChI is InChI=1S/C26H26N6O2/c1-4-5-9-22-18(3)28-25-29-26(30-32(25)24(22)34)31(16-20-12-10-19(15-27)11-13-20)23(33)21-8-6-7-17(2)14-21/h6-8,10-14H,4-5,9,16H2,1-3H3,(H,28,29,30). The summed E-state index contributed by atoms with van der Waals surface area (Å²) in [6.07, 6.45) is 2.50. The fraction of sp³-hybridized carbons (Fsp3) is 0.269. The van der Waals surface area contributed by atoms with E-state index in [2.05, 4.69) is 28.1 Å². The van der Waals surface area contributed by atoms with Gasteiger partial charge in [-0.25, -0.2) is 4.98 Å². The summed E-state index contributed by atoms with van der Waals surface area (Å²) in [6, 6.07) is 16.4. The topological polar surface area (TPSA) is 107 Å². The first-order valence-electron chi connectivity index (χ1n) is 11.3. The average molecular weight is 455 g/mol. The van der Waals surface area contributed by atoms with Crippen molar-refractivity contribution in [2.45, 2.75) is 46.6 Å². The third kappa shape index (κ3) is 4.59. The quantitative estimate of drug-likeness (QED) is 0.452. The Balaban J connectivity index is 1.80. The van der Waals surface area contributed by atoms with Crippen LogP contribution in [0.2, 0.25) is 0 Å². The van der Waals surface area contributed by atoms with Crippen LogP contribution < -0.4 is 10.5 Å². The van der Waals surface area contributed by atoms with E-state index in [0.717, 1.165) is 24.0 Å². The van der Waals surface area contributed by atoms with Crippen LogP contribution in [0.5, 0.6) is 0 Å². The Morgan fingerprint density at radius 2 is 1.91 bits per heavy atom. The fourth-order valence-corrected chi connectivity index (χ4v) is 3.85.